The predicted octanol–water partition coefficient (Wildman–Crippen LogP) is 3.59. The van der Waals surface area contributed by atoms with Gasteiger partial charge in [-0.25, -0.2) is 4.98 Å². The van der Waals surface area contributed by atoms with Gasteiger partial charge in [-0.1, -0.05) is 25.2 Å². The molecular formula is C13H14F3NOS. The van der Waals surface area contributed by atoms with E-state index in [1.165, 1.54) is 17.4 Å². The van der Waals surface area contributed by atoms with Gasteiger partial charge < -0.3 is 5.11 Å². The predicted molar refractivity (Wildman–Crippen MR) is 67.8 cm³/mol. The fraction of sp³-hybridized carbons (Fsp3) is 0.462. The third-order valence-corrected chi connectivity index (χ3v) is 4.38. The van der Waals surface area contributed by atoms with E-state index in [-0.39, 0.29) is 12.5 Å². The van der Waals surface area contributed by atoms with Gasteiger partial charge >= 0.3 is 6.18 Å². The first-order chi connectivity index (χ1) is 8.77. The molecule has 0 fully saturated rings. The zero-order chi connectivity index (χ0) is 14.3. The van der Waals surface area contributed by atoms with Gasteiger partial charge in [0.1, 0.15) is 5.01 Å². The van der Waals surface area contributed by atoms with Crippen molar-refractivity contribution in [3.63, 3.8) is 0 Å². The van der Waals surface area contributed by atoms with Gasteiger partial charge in [-0.3, -0.25) is 0 Å². The second-order valence-electron chi connectivity index (χ2n) is 4.81. The molecule has 0 bridgehead atoms. The molecule has 2 nitrogen and oxygen atoms in total. The van der Waals surface area contributed by atoms with Crippen LogP contribution in [0, 0.1) is 5.92 Å². The molecule has 1 aliphatic rings. The summed E-state index contributed by atoms with van der Waals surface area (Å²) in [6, 6.07) is 0. The van der Waals surface area contributed by atoms with Gasteiger partial charge in [0.05, 0.1) is 17.9 Å². The van der Waals surface area contributed by atoms with Crippen molar-refractivity contribution in [2.45, 2.75) is 32.0 Å². The minimum atomic E-state index is -4.32. The molecule has 0 aliphatic heterocycles. The quantitative estimate of drug-likeness (QED) is 0.902. The van der Waals surface area contributed by atoms with E-state index < -0.39 is 17.2 Å². The van der Waals surface area contributed by atoms with Crippen molar-refractivity contribution in [2.75, 3.05) is 0 Å². The van der Waals surface area contributed by atoms with Gasteiger partial charge in [-0.2, -0.15) is 13.2 Å². The summed E-state index contributed by atoms with van der Waals surface area (Å²) < 4.78 is 38.0. The number of aliphatic hydroxyl groups excluding tert-OH is 1. The van der Waals surface area contributed by atoms with E-state index in [1.807, 2.05) is 6.92 Å². The average Bonchev–Trinajstić information content (AvgIpc) is 2.80. The first-order valence-electron chi connectivity index (χ1n) is 5.81. The van der Waals surface area contributed by atoms with Crippen molar-refractivity contribution in [3.05, 3.63) is 39.9 Å². The molecule has 2 atom stereocenters. The number of rotatable bonds is 2. The standard InChI is InChI=1S/C13H14F3NOS/c1-8-5-9(13(14,15)16)3-4-12(8,2)10-7-19-11(6-18)17-10/h3-5,7-8,18H,6H2,1-2H3. The summed E-state index contributed by atoms with van der Waals surface area (Å²) in [6.07, 6.45) is -0.420. The number of nitrogens with zero attached hydrogens (tertiary/aromatic N) is 1. The van der Waals surface area contributed by atoms with Crippen molar-refractivity contribution in [1.29, 1.82) is 0 Å². The second kappa shape index (κ2) is 4.76. The maximum absolute atomic E-state index is 12.7. The number of alkyl halides is 3. The summed E-state index contributed by atoms with van der Waals surface area (Å²) >= 11 is 1.31. The summed E-state index contributed by atoms with van der Waals surface area (Å²) in [5, 5.41) is 11.4. The van der Waals surface area contributed by atoms with E-state index in [4.69, 9.17) is 5.11 Å². The lowest BCUT2D eigenvalue weighted by Gasteiger charge is -2.33. The van der Waals surface area contributed by atoms with Crippen molar-refractivity contribution in [2.24, 2.45) is 5.92 Å². The zero-order valence-corrected chi connectivity index (χ0v) is 11.3. The Morgan fingerprint density at radius 2 is 2.16 bits per heavy atom. The van der Waals surface area contributed by atoms with Crippen LogP contribution in [-0.2, 0) is 12.0 Å². The number of aliphatic hydroxyl groups is 1. The second-order valence-corrected chi connectivity index (χ2v) is 5.75. The lowest BCUT2D eigenvalue weighted by atomic mass is 9.72. The van der Waals surface area contributed by atoms with Crippen molar-refractivity contribution in [3.8, 4) is 0 Å². The number of thiazole rings is 1. The number of allylic oxidation sites excluding steroid dienone is 4. The molecule has 1 N–H and O–H groups in total. The molecular weight excluding hydrogens is 275 g/mol. The molecule has 6 heteroatoms. The minimum Gasteiger partial charge on any atom is -0.389 e. The van der Waals surface area contributed by atoms with Gasteiger partial charge in [0.25, 0.3) is 0 Å². The maximum atomic E-state index is 12.7. The summed E-state index contributed by atoms with van der Waals surface area (Å²) in [5.41, 5.74) is -0.489. The molecule has 19 heavy (non-hydrogen) atoms. The molecule has 0 saturated heterocycles. The summed E-state index contributed by atoms with van der Waals surface area (Å²) in [7, 11) is 0. The Balaban J connectivity index is 2.33. The highest BCUT2D eigenvalue weighted by Crippen LogP contribution is 2.41. The average molecular weight is 289 g/mol. The lowest BCUT2D eigenvalue weighted by Crippen LogP contribution is -2.31. The first-order valence-corrected chi connectivity index (χ1v) is 6.69. The fourth-order valence-corrected chi connectivity index (χ4v) is 2.83. The molecule has 0 spiro atoms. The zero-order valence-electron chi connectivity index (χ0n) is 10.5. The van der Waals surface area contributed by atoms with Crippen LogP contribution in [0.2, 0.25) is 0 Å². The molecule has 1 aromatic rings. The number of aromatic nitrogens is 1. The topological polar surface area (TPSA) is 33.1 Å². The van der Waals surface area contributed by atoms with Gasteiger partial charge in [0, 0.05) is 10.8 Å². The van der Waals surface area contributed by atoms with E-state index in [0.717, 1.165) is 6.08 Å². The molecule has 0 aromatic carbocycles. The molecule has 0 saturated carbocycles. The van der Waals surface area contributed by atoms with Crippen LogP contribution < -0.4 is 0 Å². The van der Waals surface area contributed by atoms with Crippen LogP contribution in [0.4, 0.5) is 13.2 Å². The van der Waals surface area contributed by atoms with E-state index in [1.54, 1.807) is 18.4 Å². The molecule has 0 amide bonds. The SMILES string of the molecule is CC1C=C(C(F)(F)F)C=CC1(C)c1csc(CO)n1. The van der Waals surface area contributed by atoms with Crippen LogP contribution in [0.1, 0.15) is 24.5 Å². The van der Waals surface area contributed by atoms with Crippen LogP contribution >= 0.6 is 11.3 Å². The van der Waals surface area contributed by atoms with E-state index >= 15 is 0 Å². The monoisotopic (exact) mass is 289 g/mol. The smallest absolute Gasteiger partial charge is 0.389 e. The third-order valence-electron chi connectivity index (χ3n) is 3.55. The molecule has 1 heterocycles. The summed E-state index contributed by atoms with van der Waals surface area (Å²) in [5.74, 6) is -0.317. The highest BCUT2D eigenvalue weighted by atomic mass is 32.1. The van der Waals surface area contributed by atoms with Gasteiger partial charge in [-0.05, 0) is 12.8 Å². The Morgan fingerprint density at radius 1 is 1.47 bits per heavy atom. The third kappa shape index (κ3) is 2.60. The molecule has 2 unspecified atom stereocenters. The Labute approximate surface area is 113 Å². The van der Waals surface area contributed by atoms with Gasteiger partial charge in [0.2, 0.25) is 0 Å². The minimum absolute atomic E-state index is 0.150. The normalized spacial score (nSPS) is 27.5. The van der Waals surface area contributed by atoms with E-state index in [9.17, 15) is 13.2 Å². The van der Waals surface area contributed by atoms with Gasteiger partial charge in [0.15, 0.2) is 0 Å². The Hall–Kier alpha value is -1.14. The van der Waals surface area contributed by atoms with E-state index in [2.05, 4.69) is 4.98 Å². The fourth-order valence-electron chi connectivity index (χ4n) is 2.05. The molecule has 0 radical (unpaired) electrons. The molecule has 1 aliphatic carbocycles. The van der Waals surface area contributed by atoms with Gasteiger partial charge in [-0.15, -0.1) is 11.3 Å². The van der Waals surface area contributed by atoms with Crippen LogP contribution in [0.25, 0.3) is 0 Å². The van der Waals surface area contributed by atoms with Crippen molar-refractivity contribution in [1.82, 2.24) is 4.98 Å². The van der Waals surface area contributed by atoms with Crippen molar-refractivity contribution >= 4 is 11.3 Å². The number of hydrogen-bond acceptors (Lipinski definition) is 3. The Morgan fingerprint density at radius 3 is 2.63 bits per heavy atom. The van der Waals surface area contributed by atoms with Crippen LogP contribution in [-0.4, -0.2) is 16.3 Å². The number of halogens is 3. The highest BCUT2D eigenvalue weighted by Gasteiger charge is 2.40. The van der Waals surface area contributed by atoms with Crippen molar-refractivity contribution < 1.29 is 18.3 Å². The van der Waals surface area contributed by atoms with Crippen LogP contribution in [0.3, 0.4) is 0 Å². The first kappa shape index (κ1) is 14.3. The maximum Gasteiger partial charge on any atom is 0.416 e. The largest absolute Gasteiger partial charge is 0.416 e. The van der Waals surface area contributed by atoms with E-state index in [0.29, 0.717) is 10.7 Å². The van der Waals surface area contributed by atoms with Crippen LogP contribution in [0.15, 0.2) is 29.2 Å². The highest BCUT2D eigenvalue weighted by molar-refractivity contribution is 7.09. The lowest BCUT2D eigenvalue weighted by molar-refractivity contribution is -0.0891. The van der Waals surface area contributed by atoms with Crippen LogP contribution in [0.5, 0.6) is 0 Å². The molecule has 104 valence electrons. The molecule has 1 aromatic heterocycles. The Bertz CT molecular complexity index is 532. The summed E-state index contributed by atoms with van der Waals surface area (Å²) in [6.45, 7) is 3.45. The molecule has 2 rings (SSSR count). The number of hydrogen-bond donors (Lipinski definition) is 1. The Kier molecular flexibility index (Phi) is 3.57. The summed E-state index contributed by atoms with van der Waals surface area (Å²) in [4.78, 5) is 4.27.